The fourth-order valence-electron chi connectivity index (χ4n) is 12.4. The van der Waals surface area contributed by atoms with Gasteiger partial charge in [0.25, 0.3) is 0 Å². The molecule has 7 saturated carbocycles. The van der Waals surface area contributed by atoms with Crippen LogP contribution in [0.25, 0.3) is 0 Å². The molecule has 0 spiro atoms. The van der Waals surface area contributed by atoms with Crippen molar-refractivity contribution in [1.29, 1.82) is 0 Å². The molecule has 0 heteroatoms. The molecule has 0 N–H and O–H groups in total. The predicted molar refractivity (Wildman–Crippen MR) is 141 cm³/mol. The number of fused-ring (bicyclic) bond motifs is 8. The van der Waals surface area contributed by atoms with Crippen LogP contribution in [0.3, 0.4) is 0 Å². The van der Waals surface area contributed by atoms with E-state index in [4.69, 9.17) is 0 Å². The molecule has 0 aromatic heterocycles. The molecular weight excluding hydrogens is 396 g/mol. The van der Waals surface area contributed by atoms with Gasteiger partial charge in [0.1, 0.15) is 0 Å². The quantitative estimate of drug-likeness (QED) is 0.343. The third kappa shape index (κ3) is 3.72. The Kier molecular flexibility index (Phi) is 6.06. The van der Waals surface area contributed by atoms with E-state index in [2.05, 4.69) is 27.7 Å². The summed E-state index contributed by atoms with van der Waals surface area (Å²) in [5.41, 5.74) is 2.27. The topological polar surface area (TPSA) is 0 Å². The third-order valence-electron chi connectivity index (χ3n) is 14.3. The molecule has 0 amide bonds. The largest absolute Gasteiger partial charge is 0.0622 e. The zero-order chi connectivity index (χ0) is 22.8. The van der Waals surface area contributed by atoms with E-state index in [0.29, 0.717) is 0 Å². The maximum Gasteiger partial charge on any atom is -0.0266 e. The van der Waals surface area contributed by atoms with Crippen LogP contribution in [0, 0.1) is 63.6 Å². The number of hydrogen-bond acceptors (Lipinski definition) is 0. The third-order valence-corrected chi connectivity index (χ3v) is 14.3. The second-order valence-electron chi connectivity index (χ2n) is 15.6. The van der Waals surface area contributed by atoms with Gasteiger partial charge in [0.2, 0.25) is 0 Å². The van der Waals surface area contributed by atoms with Gasteiger partial charge < -0.3 is 0 Å². The highest BCUT2D eigenvalue weighted by Gasteiger charge is 2.57. The molecule has 7 aliphatic carbocycles. The van der Waals surface area contributed by atoms with Gasteiger partial charge in [-0.3, -0.25) is 0 Å². The normalized spacial score (nSPS) is 57.1. The fourth-order valence-corrected chi connectivity index (χ4v) is 12.4. The minimum Gasteiger partial charge on any atom is -0.0622 e. The van der Waals surface area contributed by atoms with Crippen molar-refractivity contribution in [3.05, 3.63) is 0 Å². The average molecular weight is 453 g/mol. The Morgan fingerprint density at radius 2 is 1.12 bits per heavy atom. The maximum atomic E-state index is 2.68. The first kappa shape index (κ1) is 23.4. The van der Waals surface area contributed by atoms with Crippen LogP contribution in [0.4, 0.5) is 0 Å². The van der Waals surface area contributed by atoms with E-state index in [1.807, 2.05) is 0 Å². The molecule has 0 bridgehead atoms. The van der Waals surface area contributed by atoms with Gasteiger partial charge in [-0.2, -0.15) is 0 Å². The molecular formula is C33H56. The second kappa shape index (κ2) is 8.54. The van der Waals surface area contributed by atoms with E-state index in [1.54, 1.807) is 77.0 Å². The average Bonchev–Trinajstić information content (AvgIpc) is 3.49. The van der Waals surface area contributed by atoms with Crippen molar-refractivity contribution in [3.8, 4) is 0 Å². The summed E-state index contributed by atoms with van der Waals surface area (Å²) < 4.78 is 0. The lowest BCUT2D eigenvalue weighted by atomic mass is 9.48. The van der Waals surface area contributed by atoms with Crippen LogP contribution in [0.5, 0.6) is 0 Å². The summed E-state index contributed by atoms with van der Waals surface area (Å²) in [6.07, 6.45) is 27.9. The van der Waals surface area contributed by atoms with Crippen molar-refractivity contribution >= 4 is 0 Å². The lowest BCUT2D eigenvalue weighted by Gasteiger charge is -2.56. The highest BCUT2D eigenvalue weighted by Crippen LogP contribution is 2.67. The summed E-state index contributed by atoms with van der Waals surface area (Å²) in [6.45, 7) is 10.4. The van der Waals surface area contributed by atoms with Crippen LogP contribution in [0.15, 0.2) is 0 Å². The Morgan fingerprint density at radius 3 is 1.88 bits per heavy atom. The smallest absolute Gasteiger partial charge is 0.0266 e. The van der Waals surface area contributed by atoms with E-state index < -0.39 is 0 Å². The van der Waals surface area contributed by atoms with Gasteiger partial charge >= 0.3 is 0 Å². The molecule has 33 heavy (non-hydrogen) atoms. The van der Waals surface area contributed by atoms with Gasteiger partial charge in [-0.1, -0.05) is 59.8 Å². The molecule has 0 aromatic carbocycles. The van der Waals surface area contributed by atoms with Crippen LogP contribution < -0.4 is 0 Å². The highest BCUT2D eigenvalue weighted by atomic mass is 14.6. The van der Waals surface area contributed by atoms with Crippen LogP contribution in [0.1, 0.15) is 143 Å². The molecule has 0 radical (unpaired) electrons. The van der Waals surface area contributed by atoms with Gasteiger partial charge in [0.05, 0.1) is 0 Å². The van der Waals surface area contributed by atoms with Crippen molar-refractivity contribution in [1.82, 2.24) is 0 Å². The molecule has 3 unspecified atom stereocenters. The fraction of sp³-hybridized carbons (Fsp3) is 1.00. The minimum absolute atomic E-state index is 0.753. The van der Waals surface area contributed by atoms with Crippen molar-refractivity contribution in [3.63, 3.8) is 0 Å². The molecule has 0 saturated heterocycles. The zero-order valence-electron chi connectivity index (χ0n) is 22.8. The van der Waals surface area contributed by atoms with Gasteiger partial charge in [-0.25, -0.2) is 0 Å². The summed E-state index contributed by atoms with van der Waals surface area (Å²) in [6, 6.07) is 0. The Labute approximate surface area is 206 Å². The van der Waals surface area contributed by atoms with Gasteiger partial charge in [-0.05, 0) is 147 Å². The minimum atomic E-state index is 0.753. The zero-order valence-corrected chi connectivity index (χ0v) is 22.8. The summed E-state index contributed by atoms with van der Waals surface area (Å²) >= 11 is 0. The molecule has 7 aliphatic rings. The molecule has 0 nitrogen and oxygen atoms in total. The monoisotopic (exact) mass is 452 g/mol. The Hall–Kier alpha value is 0. The van der Waals surface area contributed by atoms with E-state index >= 15 is 0 Å². The maximum absolute atomic E-state index is 2.68. The first-order chi connectivity index (χ1) is 15.8. The van der Waals surface area contributed by atoms with E-state index in [-0.39, 0.29) is 0 Å². The van der Waals surface area contributed by atoms with Crippen LogP contribution >= 0.6 is 0 Å². The lowest BCUT2D eigenvalue weighted by Crippen LogP contribution is -2.49. The predicted octanol–water partition coefficient (Wildman–Crippen LogP) is 10.1. The molecule has 11 atom stereocenters. The molecule has 188 valence electrons. The number of hydrogen-bond donors (Lipinski definition) is 0. The van der Waals surface area contributed by atoms with Crippen molar-refractivity contribution in [2.45, 2.75) is 143 Å². The standard InChI is InChI=1S/C18H30.C15H26/c1-17-10-4-6-15(17)14-8-7-13-5-3-11-18(13,2)16(14)9-12-17;1-11-5-3-6-13-12(11)8-10-15(2)9-4-7-14(13)15/h13-16H,3-12H2,1-2H3;11-14H,3-10H2,1-2H3/t13-,14?,15?,16?,17+,18+;11-,12-,13-,14+,15+/m11/s1. The molecule has 0 aliphatic heterocycles. The molecule has 7 fully saturated rings. The van der Waals surface area contributed by atoms with E-state index in [0.717, 1.165) is 63.6 Å². The van der Waals surface area contributed by atoms with E-state index in [9.17, 15) is 0 Å². The first-order valence-electron chi connectivity index (χ1n) is 15.8. The summed E-state index contributed by atoms with van der Waals surface area (Å²) in [5.74, 6) is 8.80. The van der Waals surface area contributed by atoms with E-state index in [1.165, 1.54) is 38.5 Å². The van der Waals surface area contributed by atoms with Gasteiger partial charge in [0, 0.05) is 0 Å². The Balaban J connectivity index is 0.000000127. The van der Waals surface area contributed by atoms with Crippen molar-refractivity contribution < 1.29 is 0 Å². The first-order valence-corrected chi connectivity index (χ1v) is 15.8. The Morgan fingerprint density at radius 1 is 0.455 bits per heavy atom. The Bertz CT molecular complexity index is 709. The lowest BCUT2D eigenvalue weighted by molar-refractivity contribution is -0.0743. The highest BCUT2D eigenvalue weighted by molar-refractivity contribution is 5.07. The molecule has 0 aromatic rings. The van der Waals surface area contributed by atoms with Crippen molar-refractivity contribution in [2.24, 2.45) is 63.6 Å². The summed E-state index contributed by atoms with van der Waals surface area (Å²) in [5, 5.41) is 0. The van der Waals surface area contributed by atoms with Crippen molar-refractivity contribution in [2.75, 3.05) is 0 Å². The SMILES string of the molecule is C[C@@H]1CCC[C@@H]2[C@@H]1CC[C@]1(C)CCC[C@@H]21.C[C@@]12CCCC1C1CC[C@H]3CCC[C@]3(C)C1CC2. The second-order valence-corrected chi connectivity index (χ2v) is 15.6. The van der Waals surface area contributed by atoms with Gasteiger partial charge in [-0.15, -0.1) is 0 Å². The molecule has 7 rings (SSSR count). The van der Waals surface area contributed by atoms with Crippen LogP contribution in [-0.2, 0) is 0 Å². The van der Waals surface area contributed by atoms with Crippen LogP contribution in [-0.4, -0.2) is 0 Å². The van der Waals surface area contributed by atoms with Crippen LogP contribution in [0.2, 0.25) is 0 Å². The van der Waals surface area contributed by atoms with Gasteiger partial charge in [0.15, 0.2) is 0 Å². The summed E-state index contributed by atoms with van der Waals surface area (Å²) in [7, 11) is 0. The summed E-state index contributed by atoms with van der Waals surface area (Å²) in [4.78, 5) is 0. The number of rotatable bonds is 0. The molecule has 0 heterocycles.